The van der Waals surface area contributed by atoms with E-state index >= 15 is 0 Å². The van der Waals surface area contributed by atoms with Crippen LogP contribution in [0.2, 0.25) is 0 Å². The van der Waals surface area contributed by atoms with Crippen LogP contribution in [0.15, 0.2) is 81.7 Å². The second-order valence-electron chi connectivity index (χ2n) is 4.19. The van der Waals surface area contributed by atoms with Crippen molar-refractivity contribution in [3.05, 3.63) is 77.3 Å². The van der Waals surface area contributed by atoms with Gasteiger partial charge in [0.05, 0.1) is 16.0 Å². The first-order valence-corrected chi connectivity index (χ1v) is 7.38. The molecule has 0 spiro atoms. The third-order valence-corrected chi connectivity index (χ3v) is 4.27. The minimum atomic E-state index is -3.41. The van der Waals surface area contributed by atoms with Crippen molar-refractivity contribution in [3.63, 3.8) is 0 Å². The van der Waals surface area contributed by atoms with E-state index in [2.05, 4.69) is 4.99 Å². The van der Waals surface area contributed by atoms with Crippen molar-refractivity contribution in [2.75, 3.05) is 0 Å². The lowest BCUT2D eigenvalue weighted by molar-refractivity contribution is 0.604. The number of rotatable bonds is 3. The van der Waals surface area contributed by atoms with Crippen molar-refractivity contribution in [2.45, 2.75) is 4.90 Å². The van der Waals surface area contributed by atoms with E-state index in [1.165, 1.54) is 5.41 Å². The normalized spacial score (nSPS) is 16.2. The molecule has 0 radical (unpaired) electrons. The molecule has 0 saturated carbocycles. The summed E-state index contributed by atoms with van der Waals surface area (Å²) in [5.74, 6) is 0. The highest BCUT2D eigenvalue weighted by molar-refractivity contribution is 7.94. The Kier molecular flexibility index (Phi) is 2.80. The monoisotopic (exact) mass is 269 g/mol. The topological polar surface area (TPSA) is 46.5 Å². The van der Waals surface area contributed by atoms with E-state index in [4.69, 9.17) is 0 Å². The van der Waals surface area contributed by atoms with Crippen LogP contribution in [0.25, 0.3) is 0 Å². The molecule has 0 saturated heterocycles. The van der Waals surface area contributed by atoms with Gasteiger partial charge in [-0.15, -0.1) is 0 Å². The number of nitrogens with zero attached hydrogens (tertiary/aromatic N) is 1. The molecule has 2 aromatic carbocycles. The van der Waals surface area contributed by atoms with Gasteiger partial charge in [0.15, 0.2) is 0 Å². The van der Waals surface area contributed by atoms with Crippen molar-refractivity contribution < 1.29 is 8.42 Å². The Morgan fingerprint density at radius 2 is 1.42 bits per heavy atom. The molecule has 1 heterocycles. The molecule has 1 aliphatic rings. The first-order valence-electron chi connectivity index (χ1n) is 5.83. The fourth-order valence-electron chi connectivity index (χ4n) is 1.81. The Morgan fingerprint density at radius 1 is 0.842 bits per heavy atom. The number of aliphatic imine (C=N–C) groups is 1. The van der Waals surface area contributed by atoms with Crippen molar-refractivity contribution in [2.24, 2.45) is 4.99 Å². The standard InChI is InChI=1S/C15H11NO2S/c17-19(18,13-9-5-2-6-10-13)11-14-15(16-14)12-7-3-1-4-8-12/h1-11H/b14-11-. The maximum absolute atomic E-state index is 12.1. The molecule has 3 nitrogen and oxygen atoms in total. The van der Waals surface area contributed by atoms with E-state index < -0.39 is 9.84 Å². The average Bonchev–Trinajstić information content (AvgIpc) is 3.19. The molecular weight excluding hydrogens is 258 g/mol. The summed E-state index contributed by atoms with van der Waals surface area (Å²) in [6.45, 7) is 0. The summed E-state index contributed by atoms with van der Waals surface area (Å²) in [5, 5.41) is 1.23. The molecule has 0 N–H and O–H groups in total. The SMILES string of the molecule is O=S(=O)(/C=C1N=C\1c1ccccc1)c1ccccc1. The summed E-state index contributed by atoms with van der Waals surface area (Å²) in [6.07, 6.45) is 0. The highest BCUT2D eigenvalue weighted by Crippen LogP contribution is 2.26. The van der Waals surface area contributed by atoms with Crippen LogP contribution >= 0.6 is 0 Å². The van der Waals surface area contributed by atoms with E-state index in [0.29, 0.717) is 5.70 Å². The second kappa shape index (κ2) is 4.48. The van der Waals surface area contributed by atoms with Gasteiger partial charge in [-0.05, 0) is 12.1 Å². The first-order chi connectivity index (χ1) is 9.17. The number of benzene rings is 2. The Hall–Kier alpha value is -2.20. The van der Waals surface area contributed by atoms with Gasteiger partial charge in [-0.3, -0.25) is 0 Å². The summed E-state index contributed by atoms with van der Waals surface area (Å²) in [4.78, 5) is 4.42. The molecule has 0 bridgehead atoms. The zero-order chi connectivity index (χ0) is 13.3. The van der Waals surface area contributed by atoms with Crippen LogP contribution in [-0.4, -0.2) is 14.1 Å². The van der Waals surface area contributed by atoms with Gasteiger partial charge in [0.2, 0.25) is 9.84 Å². The minimum absolute atomic E-state index is 0.289. The van der Waals surface area contributed by atoms with Crippen LogP contribution in [0.4, 0.5) is 0 Å². The average molecular weight is 269 g/mol. The van der Waals surface area contributed by atoms with Crippen LogP contribution in [0.3, 0.4) is 0 Å². The summed E-state index contributed by atoms with van der Waals surface area (Å²) in [6, 6.07) is 17.9. The predicted octanol–water partition coefficient (Wildman–Crippen LogP) is 2.80. The molecule has 94 valence electrons. The highest BCUT2D eigenvalue weighted by Gasteiger charge is 2.25. The van der Waals surface area contributed by atoms with Gasteiger partial charge < -0.3 is 0 Å². The second-order valence-corrected chi connectivity index (χ2v) is 5.98. The molecule has 2 aromatic rings. The molecule has 0 aromatic heterocycles. The van der Waals surface area contributed by atoms with Crippen LogP contribution in [0.1, 0.15) is 5.56 Å². The Labute approximate surface area is 111 Å². The van der Waals surface area contributed by atoms with Crippen molar-refractivity contribution in [3.8, 4) is 0 Å². The van der Waals surface area contributed by atoms with Crippen LogP contribution < -0.4 is 0 Å². The van der Waals surface area contributed by atoms with Gasteiger partial charge in [0, 0.05) is 5.56 Å². The number of hydrogen-bond acceptors (Lipinski definition) is 3. The summed E-state index contributed by atoms with van der Waals surface area (Å²) in [7, 11) is -3.41. The van der Waals surface area contributed by atoms with Crippen LogP contribution in [0, 0.1) is 0 Å². The van der Waals surface area contributed by atoms with Crippen molar-refractivity contribution in [1.29, 1.82) is 0 Å². The zero-order valence-corrected chi connectivity index (χ0v) is 10.8. The fourth-order valence-corrected chi connectivity index (χ4v) is 2.94. The lowest BCUT2D eigenvalue weighted by Crippen LogP contribution is -1.96. The molecular formula is C15H11NO2S. The summed E-state index contributed by atoms with van der Waals surface area (Å²) < 4.78 is 24.2. The number of sulfone groups is 1. The van der Waals surface area contributed by atoms with E-state index in [9.17, 15) is 8.42 Å². The van der Waals surface area contributed by atoms with Crippen molar-refractivity contribution >= 4 is 15.5 Å². The van der Waals surface area contributed by atoms with E-state index in [1.54, 1.807) is 30.3 Å². The fraction of sp³-hybridized carbons (Fsp3) is 0. The Bertz CT molecular complexity index is 760. The third-order valence-electron chi connectivity index (χ3n) is 2.81. The lowest BCUT2D eigenvalue weighted by atomic mass is 10.2. The van der Waals surface area contributed by atoms with Crippen LogP contribution in [0.5, 0.6) is 0 Å². The molecule has 0 atom stereocenters. The Morgan fingerprint density at radius 3 is 2.05 bits per heavy atom. The molecule has 0 unspecified atom stereocenters. The van der Waals surface area contributed by atoms with E-state index in [-0.39, 0.29) is 4.90 Å². The minimum Gasteiger partial charge on any atom is -0.243 e. The zero-order valence-electron chi connectivity index (χ0n) is 10.0. The van der Waals surface area contributed by atoms with Gasteiger partial charge in [0.25, 0.3) is 0 Å². The number of hydrogen-bond donors (Lipinski definition) is 0. The van der Waals surface area contributed by atoms with Gasteiger partial charge in [-0.1, -0.05) is 48.5 Å². The van der Waals surface area contributed by atoms with Gasteiger partial charge in [-0.2, -0.15) is 0 Å². The molecule has 1 aliphatic heterocycles. The van der Waals surface area contributed by atoms with E-state index in [1.807, 2.05) is 30.3 Å². The van der Waals surface area contributed by atoms with Crippen molar-refractivity contribution in [1.82, 2.24) is 0 Å². The quantitative estimate of drug-likeness (QED) is 0.860. The smallest absolute Gasteiger partial charge is 0.202 e. The molecule has 0 amide bonds. The van der Waals surface area contributed by atoms with Crippen LogP contribution in [-0.2, 0) is 9.84 Å². The summed E-state index contributed by atoms with van der Waals surface area (Å²) >= 11 is 0. The molecule has 19 heavy (non-hydrogen) atoms. The van der Waals surface area contributed by atoms with Gasteiger partial charge in [0.1, 0.15) is 5.70 Å². The molecule has 4 heteroatoms. The largest absolute Gasteiger partial charge is 0.243 e. The predicted molar refractivity (Wildman–Crippen MR) is 74.7 cm³/mol. The molecule has 0 aliphatic carbocycles. The maximum atomic E-state index is 12.1. The number of allylic oxidation sites excluding steroid dienone is 1. The Balaban J connectivity index is 1.87. The first kappa shape index (κ1) is 11.9. The van der Waals surface area contributed by atoms with Gasteiger partial charge >= 0.3 is 0 Å². The van der Waals surface area contributed by atoms with E-state index in [0.717, 1.165) is 11.3 Å². The van der Waals surface area contributed by atoms with Gasteiger partial charge in [-0.25, -0.2) is 13.4 Å². The maximum Gasteiger partial charge on any atom is 0.202 e. The lowest BCUT2D eigenvalue weighted by Gasteiger charge is -1.96. The molecule has 0 fully saturated rings. The summed E-state index contributed by atoms with van der Waals surface area (Å²) in [5.41, 5.74) is 2.23. The third kappa shape index (κ3) is 2.48. The highest BCUT2D eigenvalue weighted by atomic mass is 32.2. The molecule has 3 rings (SSSR count).